The van der Waals surface area contributed by atoms with E-state index in [1.165, 1.54) is 65.9 Å². The quantitative estimate of drug-likeness (QED) is 0.247. The predicted octanol–water partition coefficient (Wildman–Crippen LogP) is 8.62. The van der Waals surface area contributed by atoms with E-state index in [0.717, 1.165) is 13.1 Å². The second-order valence-corrected chi connectivity index (χ2v) is 9.90. The van der Waals surface area contributed by atoms with Gasteiger partial charge in [0.05, 0.1) is 0 Å². The zero-order valence-electron chi connectivity index (χ0n) is 20.7. The Labute approximate surface area is 211 Å². The first kappa shape index (κ1) is 21.0. The van der Waals surface area contributed by atoms with Crippen molar-refractivity contribution in [3.05, 3.63) is 131 Å². The predicted molar refractivity (Wildman–Crippen MR) is 153 cm³/mol. The number of rotatable bonds is 4. The monoisotopic (exact) mass is 464 g/mol. The Hall–Kier alpha value is -4.30. The van der Waals surface area contributed by atoms with Crippen molar-refractivity contribution >= 4 is 43.6 Å². The van der Waals surface area contributed by atoms with Gasteiger partial charge in [-0.25, -0.2) is 0 Å². The molecule has 0 fully saturated rings. The summed E-state index contributed by atoms with van der Waals surface area (Å²) in [7, 11) is 0. The average Bonchev–Trinajstić information content (AvgIpc) is 3.41. The Morgan fingerprint density at radius 2 is 0.667 bits per heavy atom. The molecular weight excluding hydrogens is 436 g/mol. The largest absolute Gasteiger partial charge is 0.336 e. The molecule has 0 saturated carbocycles. The molecule has 0 radical (unpaired) electrons. The maximum atomic E-state index is 2.50. The molecule has 0 aliphatic rings. The van der Waals surface area contributed by atoms with Gasteiger partial charge in [-0.05, 0) is 60.4 Å². The third-order valence-electron chi connectivity index (χ3n) is 7.89. The first-order chi connectivity index (χ1) is 17.7. The van der Waals surface area contributed by atoms with Gasteiger partial charge < -0.3 is 9.13 Å². The topological polar surface area (TPSA) is 9.86 Å². The summed E-state index contributed by atoms with van der Waals surface area (Å²) in [4.78, 5) is 0. The summed E-state index contributed by atoms with van der Waals surface area (Å²) in [6.07, 6.45) is 0. The molecule has 36 heavy (non-hydrogen) atoms. The first-order valence-corrected chi connectivity index (χ1v) is 12.7. The van der Waals surface area contributed by atoms with Crippen LogP contribution in [0.3, 0.4) is 0 Å². The molecule has 0 aliphatic carbocycles. The normalized spacial score (nSPS) is 11.8. The maximum Gasteiger partial charge on any atom is 0.0494 e. The van der Waals surface area contributed by atoms with Crippen LogP contribution in [0.1, 0.15) is 22.3 Å². The number of aromatic nitrogens is 2. The third-order valence-corrected chi connectivity index (χ3v) is 7.89. The van der Waals surface area contributed by atoms with E-state index in [2.05, 4.69) is 132 Å². The molecule has 2 nitrogen and oxygen atoms in total. The van der Waals surface area contributed by atoms with Gasteiger partial charge in [0, 0.05) is 56.7 Å². The van der Waals surface area contributed by atoms with Crippen LogP contribution >= 0.6 is 0 Å². The van der Waals surface area contributed by atoms with Crippen LogP contribution in [-0.4, -0.2) is 9.13 Å². The highest BCUT2D eigenvalue weighted by atomic mass is 15.0. The minimum Gasteiger partial charge on any atom is -0.336 e. The average molecular weight is 465 g/mol. The van der Waals surface area contributed by atoms with Crippen molar-refractivity contribution in [3.63, 3.8) is 0 Å². The minimum absolute atomic E-state index is 0.855. The van der Waals surface area contributed by atoms with Gasteiger partial charge in [0.25, 0.3) is 0 Å². The summed E-state index contributed by atoms with van der Waals surface area (Å²) in [5.74, 6) is 0. The van der Waals surface area contributed by atoms with Crippen LogP contribution in [0.25, 0.3) is 43.6 Å². The van der Waals surface area contributed by atoms with E-state index in [0.29, 0.717) is 0 Å². The van der Waals surface area contributed by atoms with Gasteiger partial charge in [-0.2, -0.15) is 0 Å². The summed E-state index contributed by atoms with van der Waals surface area (Å²) < 4.78 is 5.00. The van der Waals surface area contributed by atoms with E-state index in [1.807, 2.05) is 0 Å². The van der Waals surface area contributed by atoms with Crippen molar-refractivity contribution in [3.8, 4) is 0 Å². The van der Waals surface area contributed by atoms with E-state index in [1.54, 1.807) is 0 Å². The lowest BCUT2D eigenvalue weighted by atomic mass is 9.96. The molecule has 2 aromatic heterocycles. The first-order valence-electron chi connectivity index (χ1n) is 12.7. The summed E-state index contributed by atoms with van der Waals surface area (Å²) in [6, 6.07) is 39.8. The lowest BCUT2D eigenvalue weighted by Gasteiger charge is -2.19. The molecule has 174 valence electrons. The summed E-state index contributed by atoms with van der Waals surface area (Å²) >= 11 is 0. The number of para-hydroxylation sites is 4. The molecule has 0 N–H and O–H groups in total. The summed E-state index contributed by atoms with van der Waals surface area (Å²) in [5, 5.41) is 5.29. The zero-order chi connectivity index (χ0) is 24.2. The van der Waals surface area contributed by atoms with E-state index in [-0.39, 0.29) is 0 Å². The van der Waals surface area contributed by atoms with Crippen molar-refractivity contribution in [2.24, 2.45) is 0 Å². The lowest BCUT2D eigenvalue weighted by molar-refractivity contribution is 0.798. The number of fused-ring (bicyclic) bond motifs is 6. The molecule has 2 heterocycles. The van der Waals surface area contributed by atoms with Gasteiger partial charge >= 0.3 is 0 Å². The summed E-state index contributed by atoms with van der Waals surface area (Å²) in [6.45, 7) is 6.23. The molecule has 0 amide bonds. The molecule has 7 rings (SSSR count). The van der Waals surface area contributed by atoms with Crippen molar-refractivity contribution in [2.75, 3.05) is 0 Å². The number of benzene rings is 5. The molecule has 0 bridgehead atoms. The van der Waals surface area contributed by atoms with E-state index >= 15 is 0 Å². The molecule has 0 spiro atoms. The Morgan fingerprint density at radius 1 is 0.389 bits per heavy atom. The number of aryl methyl sites for hydroxylation is 2. The Balaban J connectivity index is 1.44. The van der Waals surface area contributed by atoms with Crippen LogP contribution in [0.5, 0.6) is 0 Å². The van der Waals surface area contributed by atoms with Crippen LogP contribution in [0, 0.1) is 13.8 Å². The third kappa shape index (κ3) is 3.11. The Bertz CT molecular complexity index is 1670. The van der Waals surface area contributed by atoms with Crippen molar-refractivity contribution in [1.29, 1.82) is 0 Å². The van der Waals surface area contributed by atoms with Crippen LogP contribution in [-0.2, 0) is 13.1 Å². The fourth-order valence-corrected chi connectivity index (χ4v) is 6.03. The van der Waals surface area contributed by atoms with Crippen molar-refractivity contribution in [1.82, 2.24) is 9.13 Å². The van der Waals surface area contributed by atoms with Crippen LogP contribution in [0.15, 0.2) is 109 Å². The van der Waals surface area contributed by atoms with E-state index in [4.69, 9.17) is 0 Å². The Morgan fingerprint density at radius 3 is 0.972 bits per heavy atom. The molecule has 7 aromatic rings. The molecule has 0 unspecified atom stereocenters. The van der Waals surface area contributed by atoms with Crippen LogP contribution < -0.4 is 0 Å². The van der Waals surface area contributed by atoms with Gasteiger partial charge in [0.1, 0.15) is 0 Å². The lowest BCUT2D eigenvalue weighted by Crippen LogP contribution is -2.10. The SMILES string of the molecule is Cc1ccc(C)c(Cn2c3ccccc3c3ccccc32)c1Cn1c2ccccc2c2ccccc21. The second-order valence-electron chi connectivity index (χ2n) is 9.90. The fraction of sp³-hybridized carbons (Fsp3) is 0.118. The van der Waals surface area contributed by atoms with E-state index < -0.39 is 0 Å². The molecule has 0 atom stereocenters. The van der Waals surface area contributed by atoms with E-state index in [9.17, 15) is 0 Å². The van der Waals surface area contributed by atoms with Gasteiger partial charge in [0.2, 0.25) is 0 Å². The summed E-state index contributed by atoms with van der Waals surface area (Å²) in [5.41, 5.74) is 10.7. The molecule has 0 aliphatic heterocycles. The van der Waals surface area contributed by atoms with Gasteiger partial charge in [-0.3, -0.25) is 0 Å². The second kappa shape index (κ2) is 8.13. The molecular formula is C34H28N2. The smallest absolute Gasteiger partial charge is 0.0494 e. The van der Waals surface area contributed by atoms with Gasteiger partial charge in [-0.1, -0.05) is 84.9 Å². The number of nitrogens with zero attached hydrogens (tertiary/aromatic N) is 2. The standard InChI is InChI=1S/C34H28N2/c1-23-19-20-24(2)30(22-36-33-17-9-5-13-27(33)28-14-6-10-18-34(28)36)29(23)21-35-31-15-7-3-11-25(31)26-12-4-8-16-32(26)35/h3-20H,21-22H2,1-2H3. The maximum absolute atomic E-state index is 2.50. The Kier molecular flexibility index (Phi) is 4.75. The highest BCUT2D eigenvalue weighted by Crippen LogP contribution is 2.33. The van der Waals surface area contributed by atoms with Crippen molar-refractivity contribution < 1.29 is 0 Å². The fourth-order valence-electron chi connectivity index (χ4n) is 6.03. The van der Waals surface area contributed by atoms with Gasteiger partial charge in [0.15, 0.2) is 0 Å². The highest BCUT2D eigenvalue weighted by Gasteiger charge is 2.17. The highest BCUT2D eigenvalue weighted by molar-refractivity contribution is 6.09. The molecule has 0 saturated heterocycles. The number of hydrogen-bond acceptors (Lipinski definition) is 0. The van der Waals surface area contributed by atoms with Gasteiger partial charge in [-0.15, -0.1) is 0 Å². The zero-order valence-corrected chi connectivity index (χ0v) is 20.7. The number of hydrogen-bond donors (Lipinski definition) is 0. The van der Waals surface area contributed by atoms with Crippen LogP contribution in [0.2, 0.25) is 0 Å². The molecule has 5 aromatic carbocycles. The van der Waals surface area contributed by atoms with Crippen LogP contribution in [0.4, 0.5) is 0 Å². The molecule has 2 heteroatoms. The minimum atomic E-state index is 0.855. The van der Waals surface area contributed by atoms with Crippen molar-refractivity contribution in [2.45, 2.75) is 26.9 Å².